The van der Waals surface area contributed by atoms with Gasteiger partial charge in [0.25, 0.3) is 0 Å². The van der Waals surface area contributed by atoms with Crippen molar-refractivity contribution in [3.63, 3.8) is 0 Å². The van der Waals surface area contributed by atoms with E-state index >= 15 is 0 Å². The molecule has 0 aromatic heterocycles. The molecular formula is C15H26N2OS. The van der Waals surface area contributed by atoms with Crippen LogP contribution in [0.1, 0.15) is 52.9 Å². The van der Waals surface area contributed by atoms with Gasteiger partial charge in [0, 0.05) is 17.9 Å². The molecule has 2 saturated heterocycles. The van der Waals surface area contributed by atoms with Gasteiger partial charge < -0.3 is 10.1 Å². The van der Waals surface area contributed by atoms with Gasteiger partial charge in [0.2, 0.25) is 0 Å². The number of nitrogens with zero attached hydrogens (tertiary/aromatic N) is 1. The second-order valence-electron chi connectivity index (χ2n) is 6.93. The van der Waals surface area contributed by atoms with Gasteiger partial charge in [-0.3, -0.25) is 4.99 Å². The van der Waals surface area contributed by atoms with Crippen LogP contribution in [0.15, 0.2) is 4.99 Å². The number of aliphatic imine (C=N–C) groups is 1. The van der Waals surface area contributed by atoms with Crippen molar-refractivity contribution in [2.75, 3.05) is 12.4 Å². The summed E-state index contributed by atoms with van der Waals surface area (Å²) in [5, 5.41) is 4.93. The maximum atomic E-state index is 5.69. The fourth-order valence-corrected chi connectivity index (χ4v) is 4.98. The standard InChI is InChI=1S/C15H26N2OS/c1-11-5-4-6-15(9-11)10-19-13(17-15)16-14(3)7-8-18-12(14)2/h11-12H,4-10H2,1-3H3,(H,16,17). The van der Waals surface area contributed by atoms with E-state index in [1.54, 1.807) is 0 Å². The lowest BCUT2D eigenvalue weighted by Gasteiger charge is -2.36. The molecule has 0 aromatic carbocycles. The number of rotatable bonds is 1. The van der Waals surface area contributed by atoms with Gasteiger partial charge in [0.1, 0.15) is 0 Å². The quantitative estimate of drug-likeness (QED) is 0.802. The van der Waals surface area contributed by atoms with Crippen molar-refractivity contribution in [3.8, 4) is 0 Å². The first-order valence-corrected chi connectivity index (χ1v) is 8.62. The highest BCUT2D eigenvalue weighted by Gasteiger charge is 2.43. The lowest BCUT2D eigenvalue weighted by Crippen LogP contribution is -2.47. The van der Waals surface area contributed by atoms with Crippen LogP contribution in [0.4, 0.5) is 0 Å². The number of ether oxygens (including phenoxy) is 1. The Balaban J connectivity index is 1.71. The van der Waals surface area contributed by atoms with Crippen LogP contribution >= 0.6 is 11.8 Å². The van der Waals surface area contributed by atoms with E-state index in [4.69, 9.17) is 9.73 Å². The molecule has 2 aliphatic heterocycles. The minimum atomic E-state index is -0.0266. The van der Waals surface area contributed by atoms with E-state index in [1.807, 2.05) is 11.8 Å². The smallest absolute Gasteiger partial charge is 0.157 e. The van der Waals surface area contributed by atoms with Crippen LogP contribution in [0.2, 0.25) is 0 Å². The molecule has 0 amide bonds. The van der Waals surface area contributed by atoms with Crippen molar-refractivity contribution >= 4 is 16.9 Å². The minimum Gasteiger partial charge on any atom is -0.376 e. The monoisotopic (exact) mass is 282 g/mol. The normalized spacial score (nSPS) is 48.9. The molecule has 108 valence electrons. The summed E-state index contributed by atoms with van der Waals surface area (Å²) in [6.07, 6.45) is 6.66. The molecule has 1 N–H and O–H groups in total. The summed E-state index contributed by atoms with van der Waals surface area (Å²) in [6, 6.07) is 0. The number of thioether (sulfide) groups is 1. The molecule has 3 fully saturated rings. The number of nitrogens with one attached hydrogen (secondary N) is 1. The highest BCUT2D eigenvalue weighted by molar-refractivity contribution is 8.14. The fraction of sp³-hybridized carbons (Fsp3) is 0.933. The molecule has 4 heteroatoms. The summed E-state index contributed by atoms with van der Waals surface area (Å²) in [5.74, 6) is 2.05. The molecule has 0 aromatic rings. The maximum absolute atomic E-state index is 5.69. The molecule has 0 radical (unpaired) electrons. The predicted octanol–water partition coefficient (Wildman–Crippen LogP) is 3.20. The second kappa shape index (κ2) is 4.96. The zero-order valence-corrected chi connectivity index (χ0v) is 13.2. The van der Waals surface area contributed by atoms with E-state index in [0.717, 1.165) is 24.1 Å². The highest BCUT2D eigenvalue weighted by Crippen LogP contribution is 2.40. The Morgan fingerprint density at radius 1 is 1.37 bits per heavy atom. The Bertz CT molecular complexity index is 386. The Morgan fingerprint density at radius 2 is 2.21 bits per heavy atom. The van der Waals surface area contributed by atoms with Crippen LogP contribution in [0.5, 0.6) is 0 Å². The molecule has 1 aliphatic carbocycles. The molecule has 19 heavy (non-hydrogen) atoms. The van der Waals surface area contributed by atoms with Gasteiger partial charge in [-0.2, -0.15) is 0 Å². The first-order chi connectivity index (χ1) is 9.01. The summed E-state index contributed by atoms with van der Waals surface area (Å²) in [6.45, 7) is 7.61. The van der Waals surface area contributed by atoms with Crippen molar-refractivity contribution < 1.29 is 4.74 Å². The largest absolute Gasteiger partial charge is 0.376 e. The third-order valence-electron chi connectivity index (χ3n) is 5.16. The van der Waals surface area contributed by atoms with Crippen molar-refractivity contribution in [2.24, 2.45) is 10.9 Å². The minimum absolute atomic E-state index is 0.0266. The molecule has 3 rings (SSSR count). The van der Waals surface area contributed by atoms with E-state index in [1.165, 1.54) is 31.4 Å². The first kappa shape index (κ1) is 13.7. The van der Waals surface area contributed by atoms with Crippen LogP contribution < -0.4 is 5.32 Å². The molecule has 1 spiro atoms. The van der Waals surface area contributed by atoms with Gasteiger partial charge in [-0.1, -0.05) is 31.5 Å². The van der Waals surface area contributed by atoms with Gasteiger partial charge in [-0.05, 0) is 39.0 Å². The lowest BCUT2D eigenvalue weighted by atomic mass is 9.78. The zero-order chi connectivity index (χ0) is 13.5. The summed E-state index contributed by atoms with van der Waals surface area (Å²) in [5.41, 5.74) is 0.307. The Kier molecular flexibility index (Phi) is 3.59. The predicted molar refractivity (Wildman–Crippen MR) is 81.8 cm³/mol. The highest BCUT2D eigenvalue weighted by atomic mass is 32.2. The molecule has 4 atom stereocenters. The van der Waals surface area contributed by atoms with Crippen LogP contribution in [0, 0.1) is 5.92 Å². The van der Waals surface area contributed by atoms with Crippen LogP contribution in [-0.2, 0) is 4.74 Å². The lowest BCUT2D eigenvalue weighted by molar-refractivity contribution is 0.101. The second-order valence-corrected chi connectivity index (χ2v) is 7.90. The van der Waals surface area contributed by atoms with E-state index in [2.05, 4.69) is 26.1 Å². The average Bonchev–Trinajstić information content (AvgIpc) is 2.85. The summed E-state index contributed by atoms with van der Waals surface area (Å²) >= 11 is 1.92. The Labute approximate surface area is 121 Å². The van der Waals surface area contributed by atoms with Crippen LogP contribution in [-0.4, -0.2) is 34.7 Å². The van der Waals surface area contributed by atoms with Crippen molar-refractivity contribution in [2.45, 2.75) is 70.1 Å². The Hall–Kier alpha value is -0.220. The van der Waals surface area contributed by atoms with Crippen LogP contribution in [0.25, 0.3) is 0 Å². The van der Waals surface area contributed by atoms with E-state index < -0.39 is 0 Å². The molecule has 3 aliphatic rings. The molecular weight excluding hydrogens is 256 g/mol. The SMILES string of the molecule is CC1CCCC2(CSC(=NC3(C)CCOC3C)N2)C1. The van der Waals surface area contributed by atoms with Gasteiger partial charge in [0.15, 0.2) is 5.17 Å². The molecule has 3 nitrogen and oxygen atoms in total. The van der Waals surface area contributed by atoms with E-state index in [0.29, 0.717) is 5.54 Å². The van der Waals surface area contributed by atoms with Gasteiger partial charge in [-0.15, -0.1) is 0 Å². The molecule has 2 heterocycles. The van der Waals surface area contributed by atoms with Crippen molar-refractivity contribution in [3.05, 3.63) is 0 Å². The Morgan fingerprint density at radius 3 is 2.89 bits per heavy atom. The van der Waals surface area contributed by atoms with Crippen LogP contribution in [0.3, 0.4) is 0 Å². The number of hydrogen-bond donors (Lipinski definition) is 1. The third-order valence-corrected chi connectivity index (χ3v) is 6.32. The number of hydrogen-bond acceptors (Lipinski definition) is 3. The molecule has 1 saturated carbocycles. The topological polar surface area (TPSA) is 33.6 Å². The van der Waals surface area contributed by atoms with E-state index in [-0.39, 0.29) is 11.6 Å². The number of amidine groups is 1. The fourth-order valence-electron chi connectivity index (χ4n) is 3.67. The van der Waals surface area contributed by atoms with E-state index in [9.17, 15) is 0 Å². The average molecular weight is 282 g/mol. The summed E-state index contributed by atoms with van der Waals surface area (Å²) in [4.78, 5) is 5.01. The zero-order valence-electron chi connectivity index (χ0n) is 12.4. The summed E-state index contributed by atoms with van der Waals surface area (Å²) in [7, 11) is 0. The van der Waals surface area contributed by atoms with Crippen molar-refractivity contribution in [1.82, 2.24) is 5.32 Å². The molecule has 0 bridgehead atoms. The molecule has 4 unspecified atom stereocenters. The first-order valence-electron chi connectivity index (χ1n) is 7.64. The van der Waals surface area contributed by atoms with Gasteiger partial charge in [-0.25, -0.2) is 0 Å². The third kappa shape index (κ3) is 2.66. The van der Waals surface area contributed by atoms with Crippen molar-refractivity contribution in [1.29, 1.82) is 0 Å². The van der Waals surface area contributed by atoms with Gasteiger partial charge >= 0.3 is 0 Å². The maximum Gasteiger partial charge on any atom is 0.157 e. The van der Waals surface area contributed by atoms with Gasteiger partial charge in [0.05, 0.1) is 11.6 Å². The summed E-state index contributed by atoms with van der Waals surface area (Å²) < 4.78 is 5.69.